The largest absolute Gasteiger partial charge is 0.385 e. The van der Waals surface area contributed by atoms with Gasteiger partial charge in [0.2, 0.25) is 5.78 Å². The molecule has 84 valence electrons. The lowest BCUT2D eigenvalue weighted by molar-refractivity contribution is 0.0729. The van der Waals surface area contributed by atoms with E-state index in [1.165, 1.54) is 6.20 Å². The molecule has 0 aliphatic heterocycles. The Kier molecular flexibility index (Phi) is 4.29. The molecule has 1 aromatic heterocycles. The lowest BCUT2D eigenvalue weighted by atomic mass is 10.1. The molecule has 1 N–H and O–H groups in total. The molecule has 0 aliphatic rings. The van der Waals surface area contributed by atoms with Crippen LogP contribution in [0.25, 0.3) is 0 Å². The number of halogens is 1. The Labute approximate surface area is 93.9 Å². The van der Waals surface area contributed by atoms with Crippen LogP contribution in [0.1, 0.15) is 37.2 Å². The van der Waals surface area contributed by atoms with Crippen molar-refractivity contribution < 1.29 is 9.90 Å². The van der Waals surface area contributed by atoms with E-state index >= 15 is 0 Å². The molecule has 0 aliphatic carbocycles. The Balaban J connectivity index is 3.00. The number of aliphatic hydroxyl groups is 1. The fourth-order valence-electron chi connectivity index (χ4n) is 1.33. The van der Waals surface area contributed by atoms with E-state index < -0.39 is 6.10 Å². The van der Waals surface area contributed by atoms with Crippen LogP contribution in [0.5, 0.6) is 0 Å². The molecule has 5 heteroatoms. The Bertz CT molecular complexity index is 349. The van der Waals surface area contributed by atoms with Crippen LogP contribution in [0.3, 0.4) is 0 Å². The molecule has 0 spiro atoms. The smallest absolute Gasteiger partial charge is 0.210 e. The minimum Gasteiger partial charge on any atom is -0.385 e. The fourth-order valence-corrected chi connectivity index (χ4v) is 1.57. The lowest BCUT2D eigenvalue weighted by Gasteiger charge is -2.09. The van der Waals surface area contributed by atoms with Gasteiger partial charge in [-0.25, -0.2) is 0 Å². The summed E-state index contributed by atoms with van der Waals surface area (Å²) in [7, 11) is 0. The summed E-state index contributed by atoms with van der Waals surface area (Å²) in [5.41, 5.74) is 0.313. The molecule has 0 saturated carbocycles. The molecule has 15 heavy (non-hydrogen) atoms. The normalized spacial score (nSPS) is 12.8. The number of Topliss-reactive ketones (excluding diaryl/α,β-unsaturated/α-hetero) is 1. The monoisotopic (exact) mass is 230 g/mol. The molecule has 0 fully saturated rings. The maximum Gasteiger partial charge on any atom is 0.210 e. The zero-order valence-electron chi connectivity index (χ0n) is 8.90. The van der Waals surface area contributed by atoms with Crippen molar-refractivity contribution in [3.05, 3.63) is 16.9 Å². The number of carbonyl (C=O) groups is 1. The third kappa shape index (κ3) is 2.58. The first kappa shape index (κ1) is 12.2. The second kappa shape index (κ2) is 5.28. The van der Waals surface area contributed by atoms with Gasteiger partial charge in [-0.05, 0) is 12.8 Å². The van der Waals surface area contributed by atoms with Crippen LogP contribution in [0.2, 0.25) is 5.02 Å². The van der Waals surface area contributed by atoms with Crippen molar-refractivity contribution in [1.29, 1.82) is 0 Å². The summed E-state index contributed by atoms with van der Waals surface area (Å²) in [6.07, 6.45) is 1.69. The van der Waals surface area contributed by atoms with Gasteiger partial charge in [-0.3, -0.25) is 9.48 Å². The molecule has 1 atom stereocenters. The van der Waals surface area contributed by atoms with Crippen LogP contribution in [0, 0.1) is 0 Å². The summed E-state index contributed by atoms with van der Waals surface area (Å²) < 4.78 is 1.55. The van der Waals surface area contributed by atoms with E-state index in [0.717, 1.165) is 6.42 Å². The number of hydrogen-bond acceptors (Lipinski definition) is 3. The average Bonchev–Trinajstić information content (AvgIpc) is 2.58. The lowest BCUT2D eigenvalue weighted by Crippen LogP contribution is -2.23. The number of aromatic nitrogens is 2. The van der Waals surface area contributed by atoms with Crippen LogP contribution in [-0.2, 0) is 6.54 Å². The highest BCUT2D eigenvalue weighted by atomic mass is 35.5. The highest BCUT2D eigenvalue weighted by Gasteiger charge is 2.22. The minimum absolute atomic E-state index is 0.306. The van der Waals surface area contributed by atoms with Crippen LogP contribution in [0.15, 0.2) is 6.20 Å². The Morgan fingerprint density at radius 3 is 2.87 bits per heavy atom. The molecule has 1 unspecified atom stereocenters. The van der Waals surface area contributed by atoms with Crippen molar-refractivity contribution in [3.63, 3.8) is 0 Å². The predicted molar refractivity (Wildman–Crippen MR) is 58.2 cm³/mol. The molecule has 0 amide bonds. The Hall–Kier alpha value is -0.870. The first-order chi connectivity index (χ1) is 7.11. The standard InChI is InChI=1S/C10H15ClN2O2/c1-3-5-13-9(7(11)6-12-13)10(15)8(14)4-2/h6,8,14H,3-5H2,1-2H3. The van der Waals surface area contributed by atoms with Gasteiger partial charge in [0.1, 0.15) is 11.8 Å². The molecule has 4 nitrogen and oxygen atoms in total. The third-order valence-corrected chi connectivity index (χ3v) is 2.43. The average molecular weight is 231 g/mol. The number of aliphatic hydroxyl groups excluding tert-OH is 1. The van der Waals surface area contributed by atoms with E-state index in [4.69, 9.17) is 11.6 Å². The highest BCUT2D eigenvalue weighted by molar-refractivity contribution is 6.33. The van der Waals surface area contributed by atoms with Crippen molar-refractivity contribution in [2.75, 3.05) is 0 Å². The van der Waals surface area contributed by atoms with Crippen molar-refractivity contribution >= 4 is 17.4 Å². The highest BCUT2D eigenvalue weighted by Crippen LogP contribution is 2.18. The predicted octanol–water partition coefficient (Wildman–Crippen LogP) is 1.90. The molecule has 1 rings (SSSR count). The van der Waals surface area contributed by atoms with E-state index in [2.05, 4.69) is 5.10 Å². The molecule has 0 aromatic carbocycles. The van der Waals surface area contributed by atoms with Crippen molar-refractivity contribution in [1.82, 2.24) is 9.78 Å². The number of ketones is 1. The van der Waals surface area contributed by atoms with E-state index in [1.807, 2.05) is 6.92 Å². The van der Waals surface area contributed by atoms with Gasteiger partial charge in [0.15, 0.2) is 0 Å². The van der Waals surface area contributed by atoms with Gasteiger partial charge >= 0.3 is 0 Å². The second-order valence-electron chi connectivity index (χ2n) is 3.35. The molecular formula is C10H15ClN2O2. The summed E-state index contributed by atoms with van der Waals surface area (Å²) in [6.45, 7) is 4.36. The van der Waals surface area contributed by atoms with Crippen LogP contribution < -0.4 is 0 Å². The summed E-state index contributed by atoms with van der Waals surface area (Å²) in [5.74, 6) is -0.353. The zero-order chi connectivity index (χ0) is 11.4. The third-order valence-electron chi connectivity index (χ3n) is 2.15. The number of rotatable bonds is 5. The van der Waals surface area contributed by atoms with Gasteiger partial charge in [0.25, 0.3) is 0 Å². The molecule has 1 aromatic rings. The van der Waals surface area contributed by atoms with Gasteiger partial charge in [-0.15, -0.1) is 0 Å². The number of aryl methyl sites for hydroxylation is 1. The Morgan fingerprint density at radius 1 is 1.67 bits per heavy atom. The number of carbonyl (C=O) groups excluding carboxylic acids is 1. The van der Waals surface area contributed by atoms with Crippen molar-refractivity contribution in [3.8, 4) is 0 Å². The molecular weight excluding hydrogens is 216 g/mol. The first-order valence-electron chi connectivity index (χ1n) is 5.05. The van der Waals surface area contributed by atoms with Gasteiger partial charge < -0.3 is 5.11 Å². The summed E-state index contributed by atoms with van der Waals surface area (Å²) in [6, 6.07) is 0. The zero-order valence-corrected chi connectivity index (χ0v) is 9.66. The molecule has 0 bridgehead atoms. The summed E-state index contributed by atoms with van der Waals surface area (Å²) in [5, 5.41) is 13.8. The van der Waals surface area contributed by atoms with Gasteiger partial charge in [0.05, 0.1) is 11.2 Å². The minimum atomic E-state index is -0.991. The number of nitrogens with zero attached hydrogens (tertiary/aromatic N) is 2. The summed E-state index contributed by atoms with van der Waals surface area (Å²) >= 11 is 5.86. The molecule has 0 saturated heterocycles. The SMILES string of the molecule is CCCn1ncc(Cl)c1C(=O)C(O)CC. The van der Waals surface area contributed by atoms with Crippen molar-refractivity contribution in [2.24, 2.45) is 0 Å². The van der Waals surface area contributed by atoms with E-state index in [-0.39, 0.29) is 5.78 Å². The van der Waals surface area contributed by atoms with Gasteiger partial charge in [-0.1, -0.05) is 25.4 Å². The van der Waals surface area contributed by atoms with Crippen LogP contribution in [-0.4, -0.2) is 26.8 Å². The molecule has 1 heterocycles. The van der Waals surface area contributed by atoms with E-state index in [1.54, 1.807) is 11.6 Å². The first-order valence-corrected chi connectivity index (χ1v) is 5.43. The second-order valence-corrected chi connectivity index (χ2v) is 3.76. The van der Waals surface area contributed by atoms with Gasteiger partial charge in [-0.2, -0.15) is 5.10 Å². The van der Waals surface area contributed by atoms with Crippen molar-refractivity contribution in [2.45, 2.75) is 39.3 Å². The maximum absolute atomic E-state index is 11.8. The Morgan fingerprint density at radius 2 is 2.33 bits per heavy atom. The topological polar surface area (TPSA) is 55.1 Å². The fraction of sp³-hybridized carbons (Fsp3) is 0.600. The van der Waals surface area contributed by atoms with Crippen LogP contribution >= 0.6 is 11.6 Å². The summed E-state index contributed by atoms with van der Waals surface area (Å²) in [4.78, 5) is 11.8. The van der Waals surface area contributed by atoms with E-state index in [9.17, 15) is 9.90 Å². The van der Waals surface area contributed by atoms with Gasteiger partial charge in [0, 0.05) is 6.54 Å². The number of hydrogen-bond donors (Lipinski definition) is 1. The van der Waals surface area contributed by atoms with Crippen LogP contribution in [0.4, 0.5) is 0 Å². The quantitative estimate of drug-likeness (QED) is 0.786. The molecule has 0 radical (unpaired) electrons. The van der Waals surface area contributed by atoms with E-state index in [0.29, 0.717) is 23.7 Å². The maximum atomic E-state index is 11.8.